The predicted molar refractivity (Wildman–Crippen MR) is 73.6 cm³/mol. The van der Waals surface area contributed by atoms with Gasteiger partial charge in [0.15, 0.2) is 9.84 Å². The molecule has 20 heavy (non-hydrogen) atoms. The van der Waals surface area contributed by atoms with E-state index in [0.29, 0.717) is 12.4 Å². The van der Waals surface area contributed by atoms with Crippen LogP contribution in [-0.4, -0.2) is 62.8 Å². The molecular formula is C10H16N4O4S2. The van der Waals surface area contributed by atoms with Gasteiger partial charge in [0.1, 0.15) is 4.90 Å². The molecule has 0 aromatic carbocycles. The average molecular weight is 320 g/mol. The zero-order chi connectivity index (χ0) is 14.8. The fraction of sp³-hybridized carbons (Fsp3) is 0.600. The number of hydrogen-bond acceptors (Lipinski definition) is 7. The van der Waals surface area contributed by atoms with Crippen LogP contribution in [0.15, 0.2) is 17.3 Å². The Hall–Kier alpha value is -1.26. The summed E-state index contributed by atoms with van der Waals surface area (Å²) in [7, 11) is -5.27. The molecule has 112 valence electrons. The number of hydrogen-bond donors (Lipinski definition) is 1. The standard InChI is InChI=1S/C10H16N4O4S2/c1-11-10-12-7-9(8-13-10)20(17,18)14-3-2-5-19(15,16)6-4-14/h7-8H,2-6H2,1H3,(H,11,12,13). The van der Waals surface area contributed by atoms with Crippen molar-refractivity contribution in [3.05, 3.63) is 12.4 Å². The van der Waals surface area contributed by atoms with Crippen LogP contribution in [-0.2, 0) is 19.9 Å². The molecule has 0 radical (unpaired) electrons. The van der Waals surface area contributed by atoms with Gasteiger partial charge in [-0.15, -0.1) is 0 Å². The number of sulfonamides is 1. The summed E-state index contributed by atoms with van der Waals surface area (Å²) in [6.07, 6.45) is 2.73. The molecule has 2 rings (SSSR count). The second kappa shape index (κ2) is 5.62. The van der Waals surface area contributed by atoms with Crippen LogP contribution in [0.2, 0.25) is 0 Å². The van der Waals surface area contributed by atoms with E-state index in [0.717, 1.165) is 0 Å². The normalized spacial score (nSPS) is 20.2. The predicted octanol–water partition coefficient (Wildman–Crippen LogP) is -0.672. The Morgan fingerprint density at radius 3 is 2.45 bits per heavy atom. The third-order valence-electron chi connectivity index (χ3n) is 3.00. The summed E-state index contributed by atoms with van der Waals surface area (Å²) in [4.78, 5) is 7.70. The van der Waals surface area contributed by atoms with Crippen LogP contribution in [0.3, 0.4) is 0 Å². The summed E-state index contributed by atoms with van der Waals surface area (Å²) in [6.45, 7) is 0.161. The number of nitrogens with zero attached hydrogens (tertiary/aromatic N) is 3. The number of aromatic nitrogens is 2. The SMILES string of the molecule is CNc1ncc(S(=O)(=O)N2CCCS(=O)(=O)CC2)cn1. The van der Waals surface area contributed by atoms with Crippen molar-refractivity contribution in [1.82, 2.24) is 14.3 Å². The van der Waals surface area contributed by atoms with E-state index in [1.54, 1.807) is 7.05 Å². The number of nitrogens with one attached hydrogen (secondary N) is 1. The van der Waals surface area contributed by atoms with Crippen LogP contribution < -0.4 is 5.32 Å². The molecule has 1 N–H and O–H groups in total. The van der Waals surface area contributed by atoms with Gasteiger partial charge >= 0.3 is 0 Å². The van der Waals surface area contributed by atoms with Crippen molar-refractivity contribution in [2.45, 2.75) is 11.3 Å². The highest BCUT2D eigenvalue weighted by molar-refractivity contribution is 7.91. The minimum Gasteiger partial charge on any atom is -0.357 e. The Morgan fingerprint density at radius 1 is 1.20 bits per heavy atom. The van der Waals surface area contributed by atoms with Crippen molar-refractivity contribution in [3.8, 4) is 0 Å². The molecule has 0 aliphatic carbocycles. The lowest BCUT2D eigenvalue weighted by Gasteiger charge is -2.18. The molecule has 1 aliphatic rings. The number of sulfone groups is 1. The van der Waals surface area contributed by atoms with Crippen LogP contribution in [0.4, 0.5) is 5.95 Å². The number of rotatable bonds is 3. The first-order chi connectivity index (χ1) is 9.35. The second-order valence-electron chi connectivity index (χ2n) is 4.40. The molecule has 0 bridgehead atoms. The van der Waals surface area contributed by atoms with Crippen LogP contribution >= 0.6 is 0 Å². The fourth-order valence-corrected chi connectivity index (χ4v) is 4.64. The van der Waals surface area contributed by atoms with E-state index in [9.17, 15) is 16.8 Å². The van der Waals surface area contributed by atoms with Crippen molar-refractivity contribution >= 4 is 25.8 Å². The van der Waals surface area contributed by atoms with Gasteiger partial charge in [0.2, 0.25) is 16.0 Å². The van der Waals surface area contributed by atoms with Gasteiger partial charge < -0.3 is 5.32 Å². The summed E-state index contributed by atoms with van der Waals surface area (Å²) >= 11 is 0. The van der Waals surface area contributed by atoms with Gasteiger partial charge in [-0.05, 0) is 6.42 Å². The topological polar surface area (TPSA) is 109 Å². The van der Waals surface area contributed by atoms with E-state index in [-0.39, 0.29) is 29.5 Å². The van der Waals surface area contributed by atoms with Crippen LogP contribution in [0.25, 0.3) is 0 Å². The molecule has 10 heteroatoms. The highest BCUT2D eigenvalue weighted by atomic mass is 32.2. The summed E-state index contributed by atoms with van der Waals surface area (Å²) in [5.41, 5.74) is 0. The van der Waals surface area contributed by atoms with E-state index in [1.807, 2.05) is 0 Å². The largest absolute Gasteiger partial charge is 0.357 e. The molecule has 1 aromatic heterocycles. The van der Waals surface area contributed by atoms with Crippen molar-refractivity contribution < 1.29 is 16.8 Å². The molecule has 0 atom stereocenters. The summed E-state index contributed by atoms with van der Waals surface area (Å²) in [5, 5.41) is 2.70. The van der Waals surface area contributed by atoms with E-state index >= 15 is 0 Å². The van der Waals surface area contributed by atoms with Crippen LogP contribution in [0.5, 0.6) is 0 Å². The Kier molecular flexibility index (Phi) is 4.25. The fourth-order valence-electron chi connectivity index (χ4n) is 1.88. The van der Waals surface area contributed by atoms with E-state index in [2.05, 4.69) is 15.3 Å². The quantitative estimate of drug-likeness (QED) is 0.786. The monoisotopic (exact) mass is 320 g/mol. The minimum atomic E-state index is -3.74. The van der Waals surface area contributed by atoms with Gasteiger partial charge in [0.25, 0.3) is 0 Å². The van der Waals surface area contributed by atoms with Crippen molar-refractivity contribution in [1.29, 1.82) is 0 Å². The van der Waals surface area contributed by atoms with Gasteiger partial charge in [0, 0.05) is 20.1 Å². The lowest BCUT2D eigenvalue weighted by atomic mass is 10.5. The van der Waals surface area contributed by atoms with Crippen LogP contribution in [0.1, 0.15) is 6.42 Å². The third kappa shape index (κ3) is 3.25. The molecule has 2 heterocycles. The molecule has 1 aromatic rings. The maximum Gasteiger partial charge on any atom is 0.246 e. The third-order valence-corrected chi connectivity index (χ3v) is 6.57. The first-order valence-corrected chi connectivity index (χ1v) is 9.32. The molecule has 1 saturated heterocycles. The van der Waals surface area contributed by atoms with Gasteiger partial charge in [-0.3, -0.25) is 0 Å². The molecular weight excluding hydrogens is 304 g/mol. The zero-order valence-corrected chi connectivity index (χ0v) is 12.6. The Labute approximate surface area is 118 Å². The molecule has 0 unspecified atom stereocenters. The molecule has 1 fully saturated rings. The zero-order valence-electron chi connectivity index (χ0n) is 11.0. The summed E-state index contributed by atoms with van der Waals surface area (Å²) < 4.78 is 49.0. The minimum absolute atomic E-state index is 0.0220. The lowest BCUT2D eigenvalue weighted by Crippen LogP contribution is -2.33. The molecule has 8 nitrogen and oxygen atoms in total. The highest BCUT2D eigenvalue weighted by Gasteiger charge is 2.29. The Bertz CT molecular complexity index is 670. The first kappa shape index (κ1) is 15.1. The molecule has 0 saturated carbocycles. The second-order valence-corrected chi connectivity index (χ2v) is 8.64. The van der Waals surface area contributed by atoms with Gasteiger partial charge in [-0.2, -0.15) is 4.31 Å². The maximum absolute atomic E-state index is 12.4. The maximum atomic E-state index is 12.4. The van der Waals surface area contributed by atoms with Gasteiger partial charge in [0.05, 0.1) is 23.9 Å². The highest BCUT2D eigenvalue weighted by Crippen LogP contribution is 2.17. The van der Waals surface area contributed by atoms with Crippen molar-refractivity contribution in [2.75, 3.05) is 37.0 Å². The Balaban J connectivity index is 2.25. The Morgan fingerprint density at radius 2 is 1.85 bits per heavy atom. The number of anilines is 1. The first-order valence-electron chi connectivity index (χ1n) is 6.05. The van der Waals surface area contributed by atoms with Gasteiger partial charge in [-0.25, -0.2) is 26.8 Å². The van der Waals surface area contributed by atoms with Gasteiger partial charge in [-0.1, -0.05) is 0 Å². The molecule has 0 spiro atoms. The van der Waals surface area contributed by atoms with E-state index in [4.69, 9.17) is 0 Å². The van der Waals surface area contributed by atoms with Crippen LogP contribution in [0, 0.1) is 0 Å². The van der Waals surface area contributed by atoms with E-state index in [1.165, 1.54) is 16.7 Å². The van der Waals surface area contributed by atoms with Crippen molar-refractivity contribution in [3.63, 3.8) is 0 Å². The smallest absolute Gasteiger partial charge is 0.246 e. The van der Waals surface area contributed by atoms with Crippen molar-refractivity contribution in [2.24, 2.45) is 0 Å². The summed E-state index contributed by atoms with van der Waals surface area (Å²) in [6, 6.07) is 0. The average Bonchev–Trinajstić information content (AvgIpc) is 2.60. The summed E-state index contributed by atoms with van der Waals surface area (Å²) in [5.74, 6) is 0.193. The van der Waals surface area contributed by atoms with E-state index < -0.39 is 19.9 Å². The molecule has 0 amide bonds. The lowest BCUT2D eigenvalue weighted by molar-refractivity contribution is 0.434. The molecule has 1 aliphatic heterocycles.